The van der Waals surface area contributed by atoms with Gasteiger partial charge in [-0.15, -0.1) is 0 Å². The van der Waals surface area contributed by atoms with Crippen LogP contribution >= 0.6 is 0 Å². The highest BCUT2D eigenvalue weighted by Gasteiger charge is 2.21. The van der Waals surface area contributed by atoms with Gasteiger partial charge in [-0.3, -0.25) is 4.90 Å². The molecule has 0 radical (unpaired) electrons. The van der Waals surface area contributed by atoms with Crippen LogP contribution in [-0.4, -0.2) is 50.0 Å². The first-order valence-electron chi connectivity index (χ1n) is 8.95. The van der Waals surface area contributed by atoms with Crippen molar-refractivity contribution in [1.29, 1.82) is 0 Å². The maximum Gasteiger partial charge on any atom is 0.161 e. The van der Waals surface area contributed by atoms with Crippen molar-refractivity contribution in [3.63, 3.8) is 0 Å². The van der Waals surface area contributed by atoms with Gasteiger partial charge in [0.05, 0.1) is 33.5 Å². The van der Waals surface area contributed by atoms with Crippen molar-refractivity contribution in [3.05, 3.63) is 59.2 Å². The minimum absolute atomic E-state index is 0.337. The summed E-state index contributed by atoms with van der Waals surface area (Å²) >= 11 is 0. The molecule has 0 unspecified atom stereocenters. The third kappa shape index (κ3) is 4.75. The minimum atomic E-state index is -0.500. The van der Waals surface area contributed by atoms with E-state index in [1.54, 1.807) is 14.2 Å². The molecule has 2 aromatic carbocycles. The second kappa shape index (κ2) is 9.03. The van der Waals surface area contributed by atoms with E-state index in [0.717, 1.165) is 36.6 Å². The van der Waals surface area contributed by atoms with Gasteiger partial charge in [0.25, 0.3) is 0 Å². The normalized spacial score (nSPS) is 15.3. The van der Waals surface area contributed by atoms with Gasteiger partial charge < -0.3 is 19.3 Å². The molecule has 0 saturated carbocycles. The smallest absolute Gasteiger partial charge is 0.161 e. The van der Waals surface area contributed by atoms with Gasteiger partial charge in [-0.25, -0.2) is 0 Å². The summed E-state index contributed by atoms with van der Waals surface area (Å²) in [6.07, 6.45) is 0.438. The van der Waals surface area contributed by atoms with E-state index in [1.165, 1.54) is 11.1 Å². The maximum atomic E-state index is 10.3. The lowest BCUT2D eigenvalue weighted by Crippen LogP contribution is -2.38. The van der Waals surface area contributed by atoms with Crippen molar-refractivity contribution >= 4 is 0 Å². The zero-order chi connectivity index (χ0) is 18.4. The fraction of sp³-hybridized carbons (Fsp3) is 0.429. The zero-order valence-corrected chi connectivity index (χ0v) is 15.5. The number of rotatable bonds is 8. The van der Waals surface area contributed by atoms with Gasteiger partial charge in [-0.05, 0) is 35.2 Å². The predicted octanol–water partition coefficient (Wildman–Crippen LogP) is 2.64. The van der Waals surface area contributed by atoms with Crippen LogP contribution in [0.1, 0.15) is 16.7 Å². The Balaban J connectivity index is 1.50. The SMILES string of the molecule is COc1cc2c(cc1OC)CN(C[C@@H](O)COCc1ccccc1)CC2. The van der Waals surface area contributed by atoms with Gasteiger partial charge in [-0.2, -0.15) is 0 Å². The number of fused-ring (bicyclic) bond motifs is 1. The fourth-order valence-corrected chi connectivity index (χ4v) is 3.34. The minimum Gasteiger partial charge on any atom is -0.493 e. The molecule has 5 nitrogen and oxygen atoms in total. The summed E-state index contributed by atoms with van der Waals surface area (Å²) in [4.78, 5) is 2.25. The molecular weight excluding hydrogens is 330 g/mol. The maximum absolute atomic E-state index is 10.3. The van der Waals surface area contributed by atoms with E-state index in [1.807, 2.05) is 36.4 Å². The second-order valence-corrected chi connectivity index (χ2v) is 6.62. The molecule has 5 heteroatoms. The molecule has 2 aromatic rings. The molecule has 0 aromatic heterocycles. The Morgan fingerprint density at radius 3 is 2.42 bits per heavy atom. The van der Waals surface area contributed by atoms with Crippen LogP contribution in [0.25, 0.3) is 0 Å². The van der Waals surface area contributed by atoms with Gasteiger partial charge in [0, 0.05) is 19.6 Å². The topological polar surface area (TPSA) is 51.2 Å². The molecule has 0 aliphatic carbocycles. The van der Waals surface area contributed by atoms with Crippen LogP contribution in [0.5, 0.6) is 11.5 Å². The number of benzene rings is 2. The lowest BCUT2D eigenvalue weighted by atomic mass is 9.98. The first kappa shape index (κ1) is 18.7. The molecule has 0 amide bonds. The number of hydrogen-bond acceptors (Lipinski definition) is 5. The molecule has 140 valence electrons. The summed E-state index contributed by atoms with van der Waals surface area (Å²) in [7, 11) is 3.31. The molecule has 1 N–H and O–H groups in total. The average Bonchev–Trinajstić information content (AvgIpc) is 2.67. The Hall–Kier alpha value is -2.08. The highest BCUT2D eigenvalue weighted by molar-refractivity contribution is 5.48. The summed E-state index contributed by atoms with van der Waals surface area (Å²) in [5.41, 5.74) is 3.63. The number of hydrogen-bond donors (Lipinski definition) is 1. The highest BCUT2D eigenvalue weighted by atomic mass is 16.5. The Morgan fingerprint density at radius 2 is 1.73 bits per heavy atom. The van der Waals surface area contributed by atoms with Crippen molar-refractivity contribution in [2.45, 2.75) is 25.7 Å². The molecule has 1 aliphatic heterocycles. The summed E-state index contributed by atoms with van der Waals surface area (Å²) < 4.78 is 16.4. The van der Waals surface area contributed by atoms with E-state index in [-0.39, 0.29) is 0 Å². The van der Waals surface area contributed by atoms with Crippen LogP contribution in [0.3, 0.4) is 0 Å². The molecule has 26 heavy (non-hydrogen) atoms. The molecule has 1 atom stereocenters. The first-order valence-corrected chi connectivity index (χ1v) is 8.95. The Morgan fingerprint density at radius 1 is 1.04 bits per heavy atom. The second-order valence-electron chi connectivity index (χ2n) is 6.62. The predicted molar refractivity (Wildman–Crippen MR) is 101 cm³/mol. The summed E-state index contributed by atoms with van der Waals surface area (Å²) in [6, 6.07) is 14.1. The molecule has 1 aliphatic rings. The van der Waals surface area contributed by atoms with Gasteiger partial charge in [-0.1, -0.05) is 30.3 Å². The van der Waals surface area contributed by atoms with Crippen LogP contribution in [0.2, 0.25) is 0 Å². The van der Waals surface area contributed by atoms with Gasteiger partial charge in [0.2, 0.25) is 0 Å². The average molecular weight is 357 g/mol. The van der Waals surface area contributed by atoms with E-state index >= 15 is 0 Å². The van der Waals surface area contributed by atoms with E-state index in [9.17, 15) is 5.11 Å². The summed E-state index contributed by atoms with van der Waals surface area (Å²) in [5, 5.41) is 10.3. The molecule has 3 rings (SSSR count). The van der Waals surface area contributed by atoms with Crippen molar-refractivity contribution in [3.8, 4) is 11.5 Å². The number of nitrogens with zero attached hydrogens (tertiary/aromatic N) is 1. The highest BCUT2D eigenvalue weighted by Crippen LogP contribution is 2.33. The largest absolute Gasteiger partial charge is 0.493 e. The van der Waals surface area contributed by atoms with Crippen LogP contribution in [0.4, 0.5) is 0 Å². The lowest BCUT2D eigenvalue weighted by Gasteiger charge is -2.31. The van der Waals surface area contributed by atoms with E-state index in [2.05, 4.69) is 11.0 Å². The van der Waals surface area contributed by atoms with Crippen molar-refractivity contribution < 1.29 is 19.3 Å². The van der Waals surface area contributed by atoms with Crippen LogP contribution in [-0.2, 0) is 24.3 Å². The Labute approximate surface area is 155 Å². The van der Waals surface area contributed by atoms with E-state index in [4.69, 9.17) is 14.2 Å². The fourth-order valence-electron chi connectivity index (χ4n) is 3.34. The zero-order valence-electron chi connectivity index (χ0n) is 15.5. The van der Waals surface area contributed by atoms with Crippen LogP contribution in [0, 0.1) is 0 Å². The Kier molecular flexibility index (Phi) is 6.50. The van der Waals surface area contributed by atoms with Crippen molar-refractivity contribution in [1.82, 2.24) is 4.90 Å². The molecule has 0 spiro atoms. The quantitative estimate of drug-likeness (QED) is 0.787. The Bertz CT molecular complexity index is 705. The molecule has 0 fully saturated rings. The number of aliphatic hydroxyl groups excluding tert-OH is 1. The van der Waals surface area contributed by atoms with Gasteiger partial charge in [0.15, 0.2) is 11.5 Å². The van der Waals surface area contributed by atoms with Crippen LogP contribution in [0.15, 0.2) is 42.5 Å². The lowest BCUT2D eigenvalue weighted by molar-refractivity contribution is 0.00772. The van der Waals surface area contributed by atoms with E-state index in [0.29, 0.717) is 19.8 Å². The number of ether oxygens (including phenoxy) is 3. The van der Waals surface area contributed by atoms with Crippen molar-refractivity contribution in [2.75, 3.05) is 33.9 Å². The van der Waals surface area contributed by atoms with Gasteiger partial charge >= 0.3 is 0 Å². The third-order valence-electron chi connectivity index (χ3n) is 4.69. The number of methoxy groups -OCH3 is 2. The third-order valence-corrected chi connectivity index (χ3v) is 4.69. The summed E-state index contributed by atoms with van der Waals surface area (Å²) in [6.45, 7) is 3.17. The number of aliphatic hydroxyl groups is 1. The summed E-state index contributed by atoms with van der Waals surface area (Å²) in [5.74, 6) is 1.52. The van der Waals surface area contributed by atoms with Crippen LogP contribution < -0.4 is 9.47 Å². The van der Waals surface area contributed by atoms with Crippen molar-refractivity contribution in [2.24, 2.45) is 0 Å². The van der Waals surface area contributed by atoms with Gasteiger partial charge in [0.1, 0.15) is 0 Å². The molecule has 0 saturated heterocycles. The molecular formula is C21H27NO4. The monoisotopic (exact) mass is 357 g/mol. The first-order chi connectivity index (χ1) is 12.7. The standard InChI is InChI=1S/C21H27NO4/c1-24-20-10-17-8-9-22(12-18(17)11-21(20)25-2)13-19(23)15-26-14-16-6-4-3-5-7-16/h3-7,10-11,19,23H,8-9,12-15H2,1-2H3/t19-/m1/s1. The molecule has 0 bridgehead atoms. The number of β-amino-alcohol motifs (C(OH)–C–C–N with tert-alkyl or cyclic N) is 1. The molecule has 1 heterocycles. The van der Waals surface area contributed by atoms with E-state index < -0.39 is 6.10 Å².